The number of amides is 1. The van der Waals surface area contributed by atoms with Crippen LogP contribution in [0.5, 0.6) is 0 Å². The molecule has 28 heavy (non-hydrogen) atoms. The van der Waals surface area contributed by atoms with Crippen LogP contribution in [0.4, 0.5) is 4.79 Å². The van der Waals surface area contributed by atoms with Gasteiger partial charge in [0.25, 0.3) is 0 Å². The van der Waals surface area contributed by atoms with Crippen molar-refractivity contribution in [1.29, 1.82) is 5.26 Å². The molecule has 1 amide bonds. The van der Waals surface area contributed by atoms with Crippen molar-refractivity contribution >= 4 is 23.1 Å². The summed E-state index contributed by atoms with van der Waals surface area (Å²) in [6.45, 7) is 9.44. The summed E-state index contributed by atoms with van der Waals surface area (Å²) >= 11 is 0. The maximum atomic E-state index is 12.5. The van der Waals surface area contributed by atoms with E-state index in [9.17, 15) is 10.1 Å². The zero-order valence-electron chi connectivity index (χ0n) is 17.2. The Bertz CT molecular complexity index is 928. The Balaban J connectivity index is 1.86. The van der Waals surface area contributed by atoms with E-state index in [0.29, 0.717) is 5.56 Å². The van der Waals surface area contributed by atoms with Crippen LogP contribution in [-0.2, 0) is 11.3 Å². The molecule has 3 rings (SSSR count). The molecule has 0 spiro atoms. The van der Waals surface area contributed by atoms with Crippen LogP contribution in [-0.4, -0.2) is 33.7 Å². The second-order valence-corrected chi connectivity index (χ2v) is 8.35. The van der Waals surface area contributed by atoms with Crippen molar-refractivity contribution in [3.05, 3.63) is 41.6 Å². The topological polar surface area (TPSA) is 58.3 Å². The molecule has 0 unspecified atom stereocenters. The zero-order valence-corrected chi connectivity index (χ0v) is 17.2. The fraction of sp³-hybridized carbons (Fsp3) is 0.478. The highest BCUT2D eigenvalue weighted by molar-refractivity contribution is 5.85. The van der Waals surface area contributed by atoms with Gasteiger partial charge in [0.15, 0.2) is 0 Å². The first-order valence-corrected chi connectivity index (χ1v) is 10.0. The molecular formula is C23H29N3O2. The third kappa shape index (κ3) is 4.39. The molecule has 2 heterocycles. The van der Waals surface area contributed by atoms with Gasteiger partial charge in [-0.1, -0.05) is 19.1 Å². The average Bonchev–Trinajstić information content (AvgIpc) is 3.23. The predicted octanol–water partition coefficient (Wildman–Crippen LogP) is 5.34. The lowest BCUT2D eigenvalue weighted by Gasteiger charge is -2.27. The molecule has 1 atom stereocenters. The van der Waals surface area contributed by atoms with Gasteiger partial charge in [0.1, 0.15) is 5.60 Å². The Hall–Kier alpha value is -2.74. The molecule has 1 aliphatic rings. The fourth-order valence-corrected chi connectivity index (χ4v) is 3.71. The lowest BCUT2D eigenvalue weighted by Crippen LogP contribution is -2.39. The Morgan fingerprint density at radius 2 is 2.14 bits per heavy atom. The Morgan fingerprint density at radius 3 is 2.82 bits per heavy atom. The Morgan fingerprint density at radius 1 is 1.36 bits per heavy atom. The molecule has 5 heteroatoms. The molecule has 1 fully saturated rings. The van der Waals surface area contributed by atoms with Crippen LogP contribution in [0.25, 0.3) is 17.0 Å². The van der Waals surface area contributed by atoms with Crippen molar-refractivity contribution in [1.82, 2.24) is 9.47 Å². The lowest BCUT2D eigenvalue weighted by atomic mass is 10.1. The number of rotatable bonds is 4. The second-order valence-electron chi connectivity index (χ2n) is 8.35. The monoisotopic (exact) mass is 379 g/mol. The molecule has 1 aliphatic heterocycles. The minimum atomic E-state index is -0.486. The number of likely N-dealkylation sites (tertiary alicyclic amines) is 1. The van der Waals surface area contributed by atoms with Crippen LogP contribution in [0.15, 0.2) is 30.3 Å². The molecule has 0 N–H and O–H groups in total. The van der Waals surface area contributed by atoms with Crippen molar-refractivity contribution in [3.8, 4) is 6.07 Å². The summed E-state index contributed by atoms with van der Waals surface area (Å²) in [5, 5.41) is 10.3. The fourth-order valence-electron chi connectivity index (χ4n) is 3.71. The number of aromatic nitrogens is 1. The van der Waals surface area contributed by atoms with E-state index in [2.05, 4.69) is 35.8 Å². The highest BCUT2D eigenvalue weighted by Crippen LogP contribution is 2.26. The van der Waals surface area contributed by atoms with Crippen LogP contribution >= 0.6 is 0 Å². The second kappa shape index (κ2) is 8.10. The molecule has 2 aromatic rings. The van der Waals surface area contributed by atoms with Gasteiger partial charge >= 0.3 is 6.09 Å². The van der Waals surface area contributed by atoms with E-state index in [1.165, 1.54) is 0 Å². The van der Waals surface area contributed by atoms with Crippen LogP contribution in [0.2, 0.25) is 0 Å². The molecule has 0 saturated carbocycles. The summed E-state index contributed by atoms with van der Waals surface area (Å²) in [5.74, 6) is 0. The smallest absolute Gasteiger partial charge is 0.410 e. The minimum Gasteiger partial charge on any atom is -0.444 e. The number of ether oxygens (including phenoxy) is 1. The number of carbonyl (C=O) groups is 1. The van der Waals surface area contributed by atoms with Gasteiger partial charge in [-0.3, -0.25) is 0 Å². The third-order valence-electron chi connectivity index (χ3n) is 4.93. The van der Waals surface area contributed by atoms with E-state index in [-0.39, 0.29) is 12.1 Å². The summed E-state index contributed by atoms with van der Waals surface area (Å²) in [7, 11) is 0. The molecule has 1 saturated heterocycles. The summed E-state index contributed by atoms with van der Waals surface area (Å²) in [6, 6.07) is 10.2. The maximum Gasteiger partial charge on any atom is 0.410 e. The SMILES string of the molecule is CCCn1c(C=C[C@@H]2CCCN2C(=O)OC(C)(C)C)cc2ccc(C#N)cc21. The van der Waals surface area contributed by atoms with Crippen molar-refractivity contribution in [2.45, 2.75) is 65.1 Å². The van der Waals surface area contributed by atoms with E-state index >= 15 is 0 Å². The van der Waals surface area contributed by atoms with E-state index in [1.54, 1.807) is 0 Å². The number of benzene rings is 1. The van der Waals surface area contributed by atoms with Gasteiger partial charge in [0, 0.05) is 29.7 Å². The summed E-state index contributed by atoms with van der Waals surface area (Å²) < 4.78 is 7.81. The highest BCUT2D eigenvalue weighted by Gasteiger charge is 2.30. The van der Waals surface area contributed by atoms with E-state index in [1.807, 2.05) is 43.9 Å². The quantitative estimate of drug-likeness (QED) is 0.721. The standard InChI is InChI=1S/C23H29N3O2/c1-5-12-25-20(15-18-9-8-17(16-24)14-21(18)25)11-10-19-7-6-13-26(19)22(27)28-23(2,3)4/h8-11,14-15,19H,5-7,12-13H2,1-4H3/t19-/m0/s1. The van der Waals surface area contributed by atoms with Crippen molar-refractivity contribution in [3.63, 3.8) is 0 Å². The molecule has 1 aromatic heterocycles. The predicted molar refractivity (Wildman–Crippen MR) is 112 cm³/mol. The van der Waals surface area contributed by atoms with Gasteiger partial charge in [-0.2, -0.15) is 5.26 Å². The Labute approximate surface area is 167 Å². The number of aryl methyl sites for hydroxylation is 1. The largest absolute Gasteiger partial charge is 0.444 e. The normalized spacial score (nSPS) is 17.4. The van der Waals surface area contributed by atoms with Gasteiger partial charge in [-0.25, -0.2) is 4.79 Å². The molecule has 5 nitrogen and oxygen atoms in total. The van der Waals surface area contributed by atoms with Gasteiger partial charge < -0.3 is 14.2 Å². The van der Waals surface area contributed by atoms with Crippen molar-refractivity contribution in [2.24, 2.45) is 0 Å². The molecule has 0 radical (unpaired) electrons. The van der Waals surface area contributed by atoms with E-state index < -0.39 is 5.60 Å². The van der Waals surface area contributed by atoms with Gasteiger partial charge in [0.2, 0.25) is 0 Å². The third-order valence-corrected chi connectivity index (χ3v) is 4.93. The van der Waals surface area contributed by atoms with Crippen LogP contribution in [0, 0.1) is 11.3 Å². The maximum absolute atomic E-state index is 12.5. The van der Waals surface area contributed by atoms with Gasteiger partial charge in [-0.15, -0.1) is 0 Å². The number of carbonyl (C=O) groups excluding carboxylic acids is 1. The summed E-state index contributed by atoms with van der Waals surface area (Å²) in [4.78, 5) is 14.3. The van der Waals surface area contributed by atoms with Gasteiger partial charge in [0.05, 0.1) is 17.7 Å². The first kappa shape index (κ1) is 20.0. The molecule has 1 aromatic carbocycles. The number of nitriles is 1. The van der Waals surface area contributed by atoms with E-state index in [4.69, 9.17) is 4.74 Å². The highest BCUT2D eigenvalue weighted by atomic mass is 16.6. The average molecular weight is 380 g/mol. The molecule has 0 bridgehead atoms. The lowest BCUT2D eigenvalue weighted by molar-refractivity contribution is 0.0256. The number of hydrogen-bond acceptors (Lipinski definition) is 3. The van der Waals surface area contributed by atoms with Crippen LogP contribution in [0.3, 0.4) is 0 Å². The first-order valence-electron chi connectivity index (χ1n) is 10.0. The number of fused-ring (bicyclic) bond motifs is 1. The van der Waals surface area contributed by atoms with Crippen LogP contribution in [0.1, 0.15) is 58.2 Å². The summed E-state index contributed by atoms with van der Waals surface area (Å²) in [5.41, 5.74) is 2.37. The van der Waals surface area contributed by atoms with Gasteiger partial charge in [-0.05, 0) is 64.3 Å². The zero-order chi connectivity index (χ0) is 20.3. The van der Waals surface area contributed by atoms with E-state index in [0.717, 1.165) is 48.9 Å². The first-order chi connectivity index (χ1) is 13.3. The minimum absolute atomic E-state index is 0.0533. The number of hydrogen-bond donors (Lipinski definition) is 0. The molecular weight excluding hydrogens is 350 g/mol. The molecule has 0 aliphatic carbocycles. The van der Waals surface area contributed by atoms with Crippen molar-refractivity contribution < 1.29 is 9.53 Å². The Kier molecular flexibility index (Phi) is 5.79. The number of nitrogens with zero attached hydrogens (tertiary/aromatic N) is 3. The van der Waals surface area contributed by atoms with Crippen molar-refractivity contribution in [2.75, 3.05) is 6.54 Å². The summed E-state index contributed by atoms with van der Waals surface area (Å²) in [6.07, 6.45) is 6.92. The van der Waals surface area contributed by atoms with Crippen LogP contribution < -0.4 is 0 Å². The molecule has 148 valence electrons.